The van der Waals surface area contributed by atoms with Crippen molar-refractivity contribution in [3.05, 3.63) is 24.3 Å². The third-order valence-electron chi connectivity index (χ3n) is 5.27. The van der Waals surface area contributed by atoms with Crippen LogP contribution in [0.15, 0.2) is 17.6 Å². The Labute approximate surface area is 178 Å². The lowest BCUT2D eigenvalue weighted by molar-refractivity contribution is 0.293. The number of nitrogens with zero attached hydrogens (tertiary/aromatic N) is 5. The van der Waals surface area contributed by atoms with Crippen LogP contribution in [0.5, 0.6) is 0 Å². The van der Waals surface area contributed by atoms with Crippen molar-refractivity contribution in [2.24, 2.45) is 12.0 Å². The largest absolute Gasteiger partial charge is 0.353 e. The lowest BCUT2D eigenvalue weighted by atomic mass is 9.87. The fourth-order valence-electron chi connectivity index (χ4n) is 3.69. The summed E-state index contributed by atoms with van der Waals surface area (Å²) in [6.07, 6.45) is 8.69. The van der Waals surface area contributed by atoms with E-state index in [9.17, 15) is 0 Å². The molecule has 1 aliphatic heterocycles. The van der Waals surface area contributed by atoms with Crippen molar-refractivity contribution in [3.8, 4) is 0 Å². The van der Waals surface area contributed by atoms with Gasteiger partial charge in [0.05, 0.1) is 0 Å². The second-order valence-electron chi connectivity index (χ2n) is 7.05. The summed E-state index contributed by atoms with van der Waals surface area (Å²) in [7, 11) is 1.99. The van der Waals surface area contributed by atoms with Crippen LogP contribution in [-0.4, -0.2) is 55.8 Å². The van der Waals surface area contributed by atoms with E-state index in [1.807, 2.05) is 24.6 Å². The summed E-state index contributed by atoms with van der Waals surface area (Å²) in [6, 6.07) is 0. The van der Waals surface area contributed by atoms with Crippen LogP contribution in [0.2, 0.25) is 0 Å². The van der Waals surface area contributed by atoms with Crippen molar-refractivity contribution in [2.45, 2.75) is 50.3 Å². The molecule has 6 nitrogen and oxygen atoms in total. The van der Waals surface area contributed by atoms with Crippen molar-refractivity contribution in [2.75, 3.05) is 25.4 Å². The molecule has 3 rings (SSSR count). The van der Waals surface area contributed by atoms with Gasteiger partial charge in [-0.25, -0.2) is 4.99 Å². The second-order valence-corrected chi connectivity index (χ2v) is 8.61. The van der Waals surface area contributed by atoms with Gasteiger partial charge in [0.25, 0.3) is 0 Å². The number of nitrogens with one attached hydrogen (secondary N) is 1. The Morgan fingerprint density at radius 1 is 1.35 bits per heavy atom. The van der Waals surface area contributed by atoms with Gasteiger partial charge in [-0.15, -0.1) is 40.8 Å². The highest BCUT2D eigenvalue weighted by Crippen LogP contribution is 2.42. The quantitative estimate of drug-likeness (QED) is 0.304. The van der Waals surface area contributed by atoms with Crippen LogP contribution in [0.25, 0.3) is 0 Å². The zero-order valence-corrected chi connectivity index (χ0v) is 19.1. The van der Waals surface area contributed by atoms with E-state index in [0.717, 1.165) is 37.2 Å². The van der Waals surface area contributed by atoms with Crippen LogP contribution in [0.3, 0.4) is 0 Å². The Morgan fingerprint density at radius 2 is 2.12 bits per heavy atom. The molecule has 0 aromatic carbocycles. The molecule has 0 bridgehead atoms. The smallest absolute Gasteiger partial charge is 0.194 e. The van der Waals surface area contributed by atoms with E-state index in [1.54, 1.807) is 0 Å². The first-order valence-electron chi connectivity index (χ1n) is 9.26. The summed E-state index contributed by atoms with van der Waals surface area (Å²) < 4.78 is 2.43. The molecule has 0 atom stereocenters. The van der Waals surface area contributed by atoms with E-state index in [4.69, 9.17) is 4.99 Å². The van der Waals surface area contributed by atoms with E-state index < -0.39 is 0 Å². The SMILES string of the molecule is C=CCNC(=NCc1nnc(C)n1C)N1CCSC2(CCCCC2)C1.I. The first kappa shape index (κ1) is 21.5. The summed E-state index contributed by atoms with van der Waals surface area (Å²) in [5, 5.41) is 11.8. The summed E-state index contributed by atoms with van der Waals surface area (Å²) >= 11 is 2.18. The minimum absolute atomic E-state index is 0. The molecule has 1 saturated heterocycles. The molecule has 1 spiro atoms. The maximum absolute atomic E-state index is 4.86. The first-order chi connectivity index (χ1) is 12.1. The zero-order valence-electron chi connectivity index (χ0n) is 15.9. The molecule has 1 saturated carbocycles. The van der Waals surface area contributed by atoms with Gasteiger partial charge in [-0.3, -0.25) is 0 Å². The van der Waals surface area contributed by atoms with Gasteiger partial charge in [-0.05, 0) is 19.8 Å². The highest BCUT2D eigenvalue weighted by molar-refractivity contribution is 14.0. The zero-order chi connectivity index (χ0) is 17.7. The molecule has 0 unspecified atom stereocenters. The molecule has 8 heteroatoms. The van der Waals surface area contributed by atoms with Gasteiger partial charge in [-0.1, -0.05) is 25.3 Å². The van der Waals surface area contributed by atoms with Crippen molar-refractivity contribution in [1.29, 1.82) is 0 Å². The second kappa shape index (κ2) is 9.96. The van der Waals surface area contributed by atoms with Crippen LogP contribution in [0, 0.1) is 6.92 Å². The molecule has 2 heterocycles. The molecule has 2 aliphatic rings. The molecular formula is C18H31IN6S. The monoisotopic (exact) mass is 490 g/mol. The van der Waals surface area contributed by atoms with Gasteiger partial charge >= 0.3 is 0 Å². The van der Waals surface area contributed by atoms with Crippen molar-refractivity contribution in [1.82, 2.24) is 25.0 Å². The number of aryl methyl sites for hydroxylation is 1. The lowest BCUT2D eigenvalue weighted by Crippen LogP contribution is -2.53. The van der Waals surface area contributed by atoms with Gasteiger partial charge in [0.1, 0.15) is 12.4 Å². The van der Waals surface area contributed by atoms with E-state index in [1.165, 1.54) is 37.9 Å². The molecule has 1 aromatic rings. The number of aromatic nitrogens is 3. The van der Waals surface area contributed by atoms with E-state index >= 15 is 0 Å². The number of guanidine groups is 1. The maximum atomic E-state index is 4.86. The first-order valence-corrected chi connectivity index (χ1v) is 10.3. The summed E-state index contributed by atoms with van der Waals surface area (Å²) in [4.78, 5) is 7.30. The van der Waals surface area contributed by atoms with Gasteiger partial charge in [0.15, 0.2) is 11.8 Å². The Morgan fingerprint density at radius 3 is 2.77 bits per heavy atom. The van der Waals surface area contributed by atoms with Crippen LogP contribution in [-0.2, 0) is 13.6 Å². The summed E-state index contributed by atoms with van der Waals surface area (Å²) in [5.74, 6) is 3.97. The molecule has 2 fully saturated rings. The van der Waals surface area contributed by atoms with E-state index in [2.05, 4.69) is 38.8 Å². The predicted octanol–water partition coefficient (Wildman–Crippen LogP) is 3.12. The normalized spacial score (nSPS) is 19.9. The van der Waals surface area contributed by atoms with Crippen LogP contribution < -0.4 is 5.32 Å². The number of hydrogen-bond donors (Lipinski definition) is 1. The van der Waals surface area contributed by atoms with Gasteiger partial charge in [-0.2, -0.15) is 11.8 Å². The van der Waals surface area contributed by atoms with Gasteiger partial charge < -0.3 is 14.8 Å². The number of hydrogen-bond acceptors (Lipinski definition) is 4. The van der Waals surface area contributed by atoms with E-state index in [-0.39, 0.29) is 24.0 Å². The Kier molecular flexibility index (Phi) is 8.25. The standard InChI is InChI=1S/C18H30N6S.HI/c1-4-10-19-17(20-13-16-22-21-15(2)23(16)3)24-11-12-25-18(14-24)8-6-5-7-9-18;/h4H,1,5-14H2,2-3H3,(H,19,20);1H. The Bertz CT molecular complexity index is 618. The third-order valence-corrected chi connectivity index (χ3v) is 6.81. The van der Waals surface area contributed by atoms with E-state index in [0.29, 0.717) is 11.3 Å². The number of thioether (sulfide) groups is 1. The predicted molar refractivity (Wildman–Crippen MR) is 120 cm³/mol. The van der Waals surface area contributed by atoms with Crippen molar-refractivity contribution < 1.29 is 0 Å². The lowest BCUT2D eigenvalue weighted by Gasteiger charge is -2.45. The van der Waals surface area contributed by atoms with Crippen LogP contribution in [0.1, 0.15) is 43.8 Å². The molecule has 26 heavy (non-hydrogen) atoms. The molecule has 146 valence electrons. The Hall–Kier alpha value is -0.770. The number of halogens is 1. The third kappa shape index (κ3) is 5.15. The van der Waals surface area contributed by atoms with Crippen LogP contribution in [0.4, 0.5) is 0 Å². The molecule has 1 aliphatic carbocycles. The Balaban J connectivity index is 0.00000243. The topological polar surface area (TPSA) is 58.3 Å². The molecule has 0 amide bonds. The maximum Gasteiger partial charge on any atom is 0.194 e. The molecule has 1 aromatic heterocycles. The van der Waals surface area contributed by atoms with Gasteiger partial charge in [0, 0.05) is 37.2 Å². The summed E-state index contributed by atoms with van der Waals surface area (Å²) in [5.41, 5.74) is 0. The fourth-order valence-corrected chi connectivity index (χ4v) is 5.26. The van der Waals surface area contributed by atoms with Gasteiger partial charge in [0.2, 0.25) is 0 Å². The minimum atomic E-state index is 0. The molecule has 0 radical (unpaired) electrons. The number of rotatable bonds is 4. The van der Waals surface area contributed by atoms with Crippen molar-refractivity contribution >= 4 is 41.7 Å². The average molecular weight is 490 g/mol. The summed E-state index contributed by atoms with van der Waals surface area (Å²) in [6.45, 7) is 9.22. The number of aliphatic imine (C=N–C) groups is 1. The van der Waals surface area contributed by atoms with Crippen LogP contribution >= 0.6 is 35.7 Å². The minimum Gasteiger partial charge on any atom is -0.353 e. The highest BCUT2D eigenvalue weighted by Gasteiger charge is 2.38. The highest BCUT2D eigenvalue weighted by atomic mass is 127. The van der Waals surface area contributed by atoms with Crippen molar-refractivity contribution in [3.63, 3.8) is 0 Å². The molecular weight excluding hydrogens is 459 g/mol. The fraction of sp³-hybridized carbons (Fsp3) is 0.722. The average Bonchev–Trinajstić information content (AvgIpc) is 2.94. The molecule has 1 N–H and O–H groups in total.